The minimum absolute atomic E-state index is 0.157. The molecule has 0 aromatic heterocycles. The molecule has 4 heteroatoms. The van der Waals surface area contributed by atoms with Gasteiger partial charge < -0.3 is 9.57 Å². The van der Waals surface area contributed by atoms with Crippen LogP contribution in [0.4, 0.5) is 0 Å². The third-order valence-corrected chi connectivity index (χ3v) is 3.27. The Labute approximate surface area is 134 Å². The quantitative estimate of drug-likeness (QED) is 0.495. The summed E-state index contributed by atoms with van der Waals surface area (Å²) >= 11 is 0. The van der Waals surface area contributed by atoms with E-state index in [1.807, 2.05) is 48.5 Å². The maximum absolute atomic E-state index is 12.0. The van der Waals surface area contributed by atoms with Gasteiger partial charge >= 0.3 is 5.97 Å². The molecule has 0 aliphatic carbocycles. The minimum Gasteiger partial charge on any atom is -0.480 e. The van der Waals surface area contributed by atoms with E-state index in [4.69, 9.17) is 16.0 Å². The van der Waals surface area contributed by atoms with Crippen molar-refractivity contribution in [1.29, 1.82) is 0 Å². The van der Waals surface area contributed by atoms with Crippen LogP contribution in [0.25, 0.3) is 6.08 Å². The standard InChI is InChI=1S/C19H13NO3/c1-2-12-22-17-11-7-6-10-15(17)13-16-18(20-23-19(16)21)14-8-4-3-5-9-14/h1,3-11,13H,12H2/b16-13-. The molecule has 1 aliphatic heterocycles. The maximum atomic E-state index is 12.0. The number of rotatable bonds is 4. The lowest BCUT2D eigenvalue weighted by Crippen LogP contribution is -2.07. The minimum atomic E-state index is -0.490. The van der Waals surface area contributed by atoms with Gasteiger partial charge in [-0.1, -0.05) is 59.6 Å². The molecule has 3 rings (SSSR count). The third-order valence-electron chi connectivity index (χ3n) is 3.27. The summed E-state index contributed by atoms with van der Waals surface area (Å²) in [6, 6.07) is 16.7. The Morgan fingerprint density at radius 1 is 1.13 bits per heavy atom. The van der Waals surface area contributed by atoms with E-state index in [2.05, 4.69) is 11.1 Å². The fraction of sp³-hybridized carbons (Fsp3) is 0.0526. The Morgan fingerprint density at radius 3 is 2.65 bits per heavy atom. The second-order valence-electron chi connectivity index (χ2n) is 4.77. The van der Waals surface area contributed by atoms with E-state index in [1.54, 1.807) is 12.1 Å². The number of hydrogen-bond donors (Lipinski definition) is 0. The molecule has 4 nitrogen and oxygen atoms in total. The van der Waals surface area contributed by atoms with Crippen LogP contribution in [0.1, 0.15) is 11.1 Å². The molecular formula is C19H13NO3. The predicted octanol–water partition coefficient (Wildman–Crippen LogP) is 3.04. The van der Waals surface area contributed by atoms with Gasteiger partial charge in [-0.2, -0.15) is 0 Å². The van der Waals surface area contributed by atoms with E-state index in [1.165, 1.54) is 0 Å². The van der Waals surface area contributed by atoms with Crippen LogP contribution in [0.5, 0.6) is 5.75 Å². The number of terminal acetylenes is 1. The molecule has 2 aromatic carbocycles. The number of benzene rings is 2. The molecule has 0 bridgehead atoms. The molecule has 0 spiro atoms. The first kappa shape index (κ1) is 14.6. The second-order valence-corrected chi connectivity index (χ2v) is 4.77. The zero-order chi connectivity index (χ0) is 16.1. The number of carbonyl (C=O) groups excluding carboxylic acids is 1. The highest BCUT2D eigenvalue weighted by Crippen LogP contribution is 2.25. The summed E-state index contributed by atoms with van der Waals surface area (Å²) in [4.78, 5) is 16.8. The van der Waals surface area contributed by atoms with Crippen molar-refractivity contribution < 1.29 is 14.4 Å². The molecule has 0 atom stereocenters. The normalized spacial score (nSPS) is 15.0. The summed E-state index contributed by atoms with van der Waals surface area (Å²) in [5, 5.41) is 3.88. The van der Waals surface area contributed by atoms with E-state index >= 15 is 0 Å². The van der Waals surface area contributed by atoms with Crippen molar-refractivity contribution in [3.05, 3.63) is 71.3 Å². The molecule has 112 valence electrons. The molecule has 0 saturated heterocycles. The first-order valence-corrected chi connectivity index (χ1v) is 7.01. The average Bonchev–Trinajstić information content (AvgIpc) is 2.96. The topological polar surface area (TPSA) is 47.9 Å². The Morgan fingerprint density at radius 2 is 1.87 bits per heavy atom. The Kier molecular flexibility index (Phi) is 4.21. The largest absolute Gasteiger partial charge is 0.480 e. The molecule has 2 aromatic rings. The molecule has 0 saturated carbocycles. The van der Waals surface area contributed by atoms with Crippen molar-refractivity contribution in [2.75, 3.05) is 6.61 Å². The van der Waals surface area contributed by atoms with Gasteiger partial charge in [-0.15, -0.1) is 6.42 Å². The fourth-order valence-electron chi connectivity index (χ4n) is 2.22. The predicted molar refractivity (Wildman–Crippen MR) is 87.8 cm³/mol. The van der Waals surface area contributed by atoms with Crippen LogP contribution in [-0.4, -0.2) is 18.3 Å². The molecule has 23 heavy (non-hydrogen) atoms. The van der Waals surface area contributed by atoms with Gasteiger partial charge in [-0.3, -0.25) is 0 Å². The van der Waals surface area contributed by atoms with E-state index in [-0.39, 0.29) is 6.61 Å². The SMILES string of the molecule is C#CCOc1ccccc1/C=C1\C(=O)ON=C1c1ccccc1. The van der Waals surface area contributed by atoms with Gasteiger partial charge in [0.1, 0.15) is 18.1 Å². The van der Waals surface area contributed by atoms with Crippen LogP contribution in [0.3, 0.4) is 0 Å². The van der Waals surface area contributed by atoms with E-state index in [9.17, 15) is 4.79 Å². The van der Waals surface area contributed by atoms with Crippen LogP contribution in [0.15, 0.2) is 65.3 Å². The van der Waals surface area contributed by atoms with Crippen LogP contribution >= 0.6 is 0 Å². The van der Waals surface area contributed by atoms with E-state index in [0.29, 0.717) is 17.0 Å². The Hall–Kier alpha value is -3.32. The van der Waals surface area contributed by atoms with Crippen LogP contribution in [-0.2, 0) is 9.63 Å². The first-order valence-electron chi connectivity index (χ1n) is 7.01. The van der Waals surface area contributed by atoms with E-state index in [0.717, 1.165) is 11.1 Å². The smallest absolute Gasteiger partial charge is 0.368 e. The summed E-state index contributed by atoms with van der Waals surface area (Å²) < 4.78 is 5.50. The summed E-state index contributed by atoms with van der Waals surface area (Å²) in [7, 11) is 0. The van der Waals surface area contributed by atoms with Gasteiger partial charge in [0.2, 0.25) is 0 Å². The summed E-state index contributed by atoms with van der Waals surface area (Å²) in [6.07, 6.45) is 6.93. The van der Waals surface area contributed by atoms with Crippen molar-refractivity contribution in [3.8, 4) is 18.1 Å². The number of ether oxygens (including phenoxy) is 1. The van der Waals surface area contributed by atoms with Gasteiger partial charge in [0.25, 0.3) is 0 Å². The first-order chi connectivity index (χ1) is 11.3. The van der Waals surface area contributed by atoms with Crippen molar-refractivity contribution in [2.24, 2.45) is 5.16 Å². The average molecular weight is 303 g/mol. The van der Waals surface area contributed by atoms with Gasteiger partial charge in [0.05, 0.1) is 5.57 Å². The molecule has 0 radical (unpaired) electrons. The third kappa shape index (κ3) is 3.14. The number of nitrogens with zero attached hydrogens (tertiary/aromatic N) is 1. The van der Waals surface area contributed by atoms with Crippen LogP contribution in [0.2, 0.25) is 0 Å². The van der Waals surface area contributed by atoms with E-state index < -0.39 is 5.97 Å². The number of oxime groups is 1. The highest BCUT2D eigenvalue weighted by molar-refractivity contribution is 6.31. The fourth-order valence-corrected chi connectivity index (χ4v) is 2.22. The number of hydrogen-bond acceptors (Lipinski definition) is 4. The van der Waals surface area contributed by atoms with Crippen LogP contribution in [0, 0.1) is 12.3 Å². The van der Waals surface area contributed by atoms with Crippen molar-refractivity contribution in [3.63, 3.8) is 0 Å². The molecule has 0 fully saturated rings. The zero-order valence-electron chi connectivity index (χ0n) is 12.2. The molecule has 0 unspecified atom stereocenters. The van der Waals surface area contributed by atoms with Crippen molar-refractivity contribution >= 4 is 17.8 Å². The molecular weight excluding hydrogens is 290 g/mol. The molecule has 0 amide bonds. The lowest BCUT2D eigenvalue weighted by molar-refractivity contribution is -0.136. The zero-order valence-corrected chi connectivity index (χ0v) is 12.2. The lowest BCUT2D eigenvalue weighted by atomic mass is 10.0. The van der Waals surface area contributed by atoms with Crippen molar-refractivity contribution in [1.82, 2.24) is 0 Å². The summed E-state index contributed by atoms with van der Waals surface area (Å²) in [6.45, 7) is 0.157. The number of carbonyl (C=O) groups is 1. The molecule has 1 heterocycles. The van der Waals surface area contributed by atoms with Crippen LogP contribution < -0.4 is 4.74 Å². The second kappa shape index (κ2) is 6.63. The van der Waals surface area contributed by atoms with Gasteiger partial charge in [-0.05, 0) is 12.1 Å². The summed E-state index contributed by atoms with van der Waals surface area (Å²) in [5.41, 5.74) is 2.43. The van der Waals surface area contributed by atoms with Gasteiger partial charge in [0.15, 0.2) is 0 Å². The van der Waals surface area contributed by atoms with Gasteiger partial charge in [0, 0.05) is 11.1 Å². The lowest BCUT2D eigenvalue weighted by Gasteiger charge is -2.07. The summed E-state index contributed by atoms with van der Waals surface area (Å²) in [5.74, 6) is 2.53. The number of para-hydroxylation sites is 1. The molecule has 1 aliphatic rings. The maximum Gasteiger partial charge on any atom is 0.368 e. The monoisotopic (exact) mass is 303 g/mol. The van der Waals surface area contributed by atoms with Gasteiger partial charge in [-0.25, -0.2) is 4.79 Å². The molecule has 0 N–H and O–H groups in total. The Bertz CT molecular complexity index is 829. The highest BCUT2D eigenvalue weighted by Gasteiger charge is 2.27. The Balaban J connectivity index is 2.00. The van der Waals surface area contributed by atoms with Crippen molar-refractivity contribution in [2.45, 2.75) is 0 Å². The highest BCUT2D eigenvalue weighted by atomic mass is 16.7.